The van der Waals surface area contributed by atoms with E-state index in [2.05, 4.69) is 5.16 Å². The lowest BCUT2D eigenvalue weighted by molar-refractivity contribution is -0.165. The Kier molecular flexibility index (Phi) is 2.56. The van der Waals surface area contributed by atoms with Gasteiger partial charge in [0.1, 0.15) is 5.41 Å². The summed E-state index contributed by atoms with van der Waals surface area (Å²) in [6.07, 6.45) is -3.21. The maximum Gasteiger partial charge on any atom is 0.401 e. The minimum Gasteiger partial charge on any atom is -0.360 e. The molecule has 0 bridgehead atoms. The van der Waals surface area contributed by atoms with Gasteiger partial charge in [-0.3, -0.25) is 0 Å². The first-order valence-corrected chi connectivity index (χ1v) is 5.77. The third-order valence-electron chi connectivity index (χ3n) is 3.85. The largest absolute Gasteiger partial charge is 0.401 e. The van der Waals surface area contributed by atoms with Crippen LogP contribution in [0.4, 0.5) is 13.2 Å². The van der Waals surface area contributed by atoms with Gasteiger partial charge in [-0.15, -0.1) is 0 Å². The zero-order valence-electron chi connectivity index (χ0n) is 10.2. The first-order valence-electron chi connectivity index (χ1n) is 5.77. The SMILES string of the molecule is CCC(C)(C)c1cc(C2(C(F)(F)F)CC2)on1. The highest BCUT2D eigenvalue weighted by molar-refractivity contribution is 5.28. The molecule has 0 aromatic carbocycles. The van der Waals surface area contributed by atoms with Crippen LogP contribution in [-0.2, 0) is 10.8 Å². The molecule has 1 saturated carbocycles. The summed E-state index contributed by atoms with van der Waals surface area (Å²) in [5.41, 5.74) is -1.41. The number of alkyl halides is 3. The van der Waals surface area contributed by atoms with Crippen LogP contribution in [0.5, 0.6) is 0 Å². The molecule has 0 radical (unpaired) electrons. The van der Waals surface area contributed by atoms with Gasteiger partial charge < -0.3 is 4.52 Å². The van der Waals surface area contributed by atoms with E-state index in [-0.39, 0.29) is 24.0 Å². The maximum absolute atomic E-state index is 12.9. The molecule has 0 amide bonds. The van der Waals surface area contributed by atoms with Gasteiger partial charge >= 0.3 is 6.18 Å². The van der Waals surface area contributed by atoms with Gasteiger partial charge in [-0.25, -0.2) is 0 Å². The van der Waals surface area contributed by atoms with E-state index in [9.17, 15) is 13.2 Å². The number of halogens is 3. The van der Waals surface area contributed by atoms with Crippen LogP contribution in [0.2, 0.25) is 0 Å². The van der Waals surface area contributed by atoms with Crippen molar-refractivity contribution in [1.29, 1.82) is 0 Å². The second-order valence-electron chi connectivity index (χ2n) is 5.39. The molecule has 1 heterocycles. The standard InChI is InChI=1S/C12H16F3NO/c1-4-10(2,3)8-7-9(17-16-8)11(5-6-11)12(13,14)15/h7H,4-6H2,1-3H3. The second kappa shape index (κ2) is 3.50. The van der Waals surface area contributed by atoms with E-state index in [0.29, 0.717) is 5.69 Å². The minimum atomic E-state index is -4.24. The summed E-state index contributed by atoms with van der Waals surface area (Å²) in [6, 6.07) is 1.48. The topological polar surface area (TPSA) is 26.0 Å². The van der Waals surface area contributed by atoms with Crippen molar-refractivity contribution in [3.05, 3.63) is 17.5 Å². The molecule has 1 aromatic rings. The predicted molar refractivity (Wildman–Crippen MR) is 56.8 cm³/mol. The fourth-order valence-corrected chi connectivity index (χ4v) is 1.80. The third kappa shape index (κ3) is 1.85. The summed E-state index contributed by atoms with van der Waals surface area (Å²) in [7, 11) is 0. The Balaban J connectivity index is 2.32. The van der Waals surface area contributed by atoms with Crippen molar-refractivity contribution in [3.8, 4) is 0 Å². The molecule has 2 nitrogen and oxygen atoms in total. The molecule has 1 aromatic heterocycles. The van der Waals surface area contributed by atoms with Crippen LogP contribution in [0.25, 0.3) is 0 Å². The van der Waals surface area contributed by atoms with Gasteiger partial charge in [0.2, 0.25) is 0 Å². The molecule has 5 heteroatoms. The average molecular weight is 247 g/mol. The highest BCUT2D eigenvalue weighted by Gasteiger charge is 2.67. The van der Waals surface area contributed by atoms with Crippen LogP contribution in [-0.4, -0.2) is 11.3 Å². The number of hydrogen-bond acceptors (Lipinski definition) is 2. The van der Waals surface area contributed by atoms with Gasteiger partial charge in [-0.2, -0.15) is 13.2 Å². The van der Waals surface area contributed by atoms with Gasteiger partial charge in [0.05, 0.1) is 5.69 Å². The van der Waals surface area contributed by atoms with Crippen molar-refractivity contribution in [2.75, 3.05) is 0 Å². The molecule has 1 aliphatic rings. The first-order chi connectivity index (χ1) is 7.73. The van der Waals surface area contributed by atoms with Crippen LogP contribution in [0.3, 0.4) is 0 Å². The van der Waals surface area contributed by atoms with Gasteiger partial charge in [-0.1, -0.05) is 25.9 Å². The molecule has 2 rings (SSSR count). The Hall–Kier alpha value is -1.00. The minimum absolute atomic E-state index is 0.0264. The Bertz CT molecular complexity index is 416. The second-order valence-corrected chi connectivity index (χ2v) is 5.39. The predicted octanol–water partition coefficient (Wildman–Crippen LogP) is 3.96. The van der Waals surface area contributed by atoms with E-state index in [0.717, 1.165) is 6.42 Å². The van der Waals surface area contributed by atoms with E-state index >= 15 is 0 Å². The molecule has 17 heavy (non-hydrogen) atoms. The Morgan fingerprint density at radius 1 is 1.35 bits per heavy atom. The van der Waals surface area contributed by atoms with Crippen LogP contribution < -0.4 is 0 Å². The summed E-state index contributed by atoms with van der Waals surface area (Å²) < 4.78 is 43.6. The quantitative estimate of drug-likeness (QED) is 0.808. The molecule has 1 fully saturated rings. The van der Waals surface area contributed by atoms with Gasteiger partial charge in [0.25, 0.3) is 0 Å². The number of rotatable bonds is 3. The van der Waals surface area contributed by atoms with Crippen molar-refractivity contribution in [2.24, 2.45) is 0 Å². The Morgan fingerprint density at radius 3 is 2.35 bits per heavy atom. The fourth-order valence-electron chi connectivity index (χ4n) is 1.80. The van der Waals surface area contributed by atoms with Gasteiger partial charge in [0.15, 0.2) is 5.76 Å². The number of aromatic nitrogens is 1. The van der Waals surface area contributed by atoms with Crippen molar-refractivity contribution < 1.29 is 17.7 Å². The summed E-state index contributed by atoms with van der Waals surface area (Å²) in [6.45, 7) is 5.87. The lowest BCUT2D eigenvalue weighted by atomic mass is 9.86. The van der Waals surface area contributed by atoms with Gasteiger partial charge in [-0.05, 0) is 19.3 Å². The van der Waals surface area contributed by atoms with Crippen LogP contribution in [0.15, 0.2) is 10.6 Å². The fraction of sp³-hybridized carbons (Fsp3) is 0.750. The van der Waals surface area contributed by atoms with Crippen molar-refractivity contribution in [2.45, 2.75) is 57.0 Å². The molecule has 0 spiro atoms. The molecular weight excluding hydrogens is 231 g/mol. The lowest BCUT2D eigenvalue weighted by Gasteiger charge is -2.18. The molecule has 0 N–H and O–H groups in total. The summed E-state index contributed by atoms with van der Waals surface area (Å²) in [5.74, 6) is -0.0264. The zero-order chi connectivity index (χ0) is 12.9. The summed E-state index contributed by atoms with van der Waals surface area (Å²) in [5, 5.41) is 3.80. The van der Waals surface area contributed by atoms with Crippen molar-refractivity contribution in [1.82, 2.24) is 5.16 Å². The molecule has 0 unspecified atom stereocenters. The van der Waals surface area contributed by atoms with E-state index < -0.39 is 11.6 Å². The highest BCUT2D eigenvalue weighted by Crippen LogP contribution is 2.59. The summed E-state index contributed by atoms with van der Waals surface area (Å²) >= 11 is 0. The average Bonchev–Trinajstić information content (AvgIpc) is 2.90. The van der Waals surface area contributed by atoms with Crippen LogP contribution >= 0.6 is 0 Å². The lowest BCUT2D eigenvalue weighted by Crippen LogP contribution is -2.28. The number of nitrogens with zero attached hydrogens (tertiary/aromatic N) is 1. The normalized spacial score (nSPS) is 19.4. The van der Waals surface area contributed by atoms with E-state index in [1.165, 1.54) is 6.07 Å². The zero-order valence-corrected chi connectivity index (χ0v) is 10.2. The van der Waals surface area contributed by atoms with Gasteiger partial charge in [0, 0.05) is 11.5 Å². The van der Waals surface area contributed by atoms with Crippen LogP contribution in [0, 0.1) is 0 Å². The molecular formula is C12H16F3NO. The van der Waals surface area contributed by atoms with Crippen molar-refractivity contribution >= 4 is 0 Å². The molecule has 96 valence electrons. The van der Waals surface area contributed by atoms with Crippen LogP contribution in [0.1, 0.15) is 51.5 Å². The highest BCUT2D eigenvalue weighted by atomic mass is 19.4. The van der Waals surface area contributed by atoms with E-state index in [1.807, 2.05) is 20.8 Å². The number of hydrogen-bond donors (Lipinski definition) is 0. The molecule has 0 aliphatic heterocycles. The molecule has 1 aliphatic carbocycles. The summed E-state index contributed by atoms with van der Waals surface area (Å²) in [4.78, 5) is 0. The van der Waals surface area contributed by atoms with E-state index in [1.54, 1.807) is 0 Å². The smallest absolute Gasteiger partial charge is 0.360 e. The third-order valence-corrected chi connectivity index (χ3v) is 3.85. The molecule has 0 saturated heterocycles. The Labute approximate surface area is 98.2 Å². The Morgan fingerprint density at radius 2 is 1.94 bits per heavy atom. The van der Waals surface area contributed by atoms with Crippen molar-refractivity contribution in [3.63, 3.8) is 0 Å². The van der Waals surface area contributed by atoms with E-state index in [4.69, 9.17) is 4.52 Å². The molecule has 0 atom stereocenters. The first kappa shape index (κ1) is 12.5. The monoisotopic (exact) mass is 247 g/mol. The maximum atomic E-state index is 12.9.